The van der Waals surface area contributed by atoms with E-state index in [2.05, 4.69) is 40.5 Å². The van der Waals surface area contributed by atoms with E-state index in [1.165, 1.54) is 16.9 Å². The van der Waals surface area contributed by atoms with E-state index in [0.717, 1.165) is 58.4 Å². The van der Waals surface area contributed by atoms with E-state index in [9.17, 15) is 13.2 Å². The molecular weight excluding hydrogens is 554 g/mol. The summed E-state index contributed by atoms with van der Waals surface area (Å²) in [6.07, 6.45) is 5.39. The second kappa shape index (κ2) is 14.8. The van der Waals surface area contributed by atoms with Gasteiger partial charge in [-0.1, -0.05) is 30.3 Å². The average Bonchev–Trinajstić information content (AvgIpc) is 2.99. The van der Waals surface area contributed by atoms with E-state index in [4.69, 9.17) is 14.2 Å². The van der Waals surface area contributed by atoms with Crippen molar-refractivity contribution in [3.63, 3.8) is 0 Å². The average molecular weight is 602 g/mol. The van der Waals surface area contributed by atoms with Crippen molar-refractivity contribution in [3.05, 3.63) is 59.2 Å². The number of hydrogen-bond donors (Lipinski definition) is 1. The SMILES string of the molecule is COc1cc(C)c(S(=O)(=O)N(C)CCOCC(=O)NCC2CCC(Cc3ccccc3)(N3CCOCC3)CC2)c(C)c1. The highest BCUT2D eigenvalue weighted by Gasteiger charge is 2.40. The summed E-state index contributed by atoms with van der Waals surface area (Å²) in [6.45, 7) is 7.87. The number of amides is 1. The summed E-state index contributed by atoms with van der Waals surface area (Å²) in [5.41, 5.74) is 2.78. The highest BCUT2D eigenvalue weighted by molar-refractivity contribution is 7.89. The molecule has 0 spiro atoms. The molecule has 1 amide bonds. The fourth-order valence-electron chi connectivity index (χ4n) is 6.42. The molecule has 232 valence electrons. The normalized spacial score (nSPS) is 21.8. The van der Waals surface area contributed by atoms with Crippen LogP contribution in [0.1, 0.15) is 42.4 Å². The van der Waals surface area contributed by atoms with Crippen molar-refractivity contribution in [2.45, 2.75) is 56.4 Å². The summed E-state index contributed by atoms with van der Waals surface area (Å²) < 4.78 is 44.1. The number of aryl methyl sites for hydroxylation is 2. The smallest absolute Gasteiger partial charge is 0.246 e. The predicted molar refractivity (Wildman–Crippen MR) is 163 cm³/mol. The van der Waals surface area contributed by atoms with E-state index >= 15 is 0 Å². The van der Waals surface area contributed by atoms with Crippen molar-refractivity contribution in [1.29, 1.82) is 0 Å². The number of likely N-dealkylation sites (N-methyl/N-ethyl adjacent to an activating group) is 1. The van der Waals surface area contributed by atoms with E-state index in [1.807, 2.05) is 0 Å². The van der Waals surface area contributed by atoms with Gasteiger partial charge in [0.2, 0.25) is 15.9 Å². The third-order valence-electron chi connectivity index (χ3n) is 8.80. The molecule has 42 heavy (non-hydrogen) atoms. The molecule has 1 saturated heterocycles. The third-order valence-corrected chi connectivity index (χ3v) is 11.0. The van der Waals surface area contributed by atoms with Gasteiger partial charge in [0.05, 0.1) is 31.8 Å². The predicted octanol–water partition coefficient (Wildman–Crippen LogP) is 3.57. The van der Waals surface area contributed by atoms with Crippen LogP contribution < -0.4 is 10.1 Å². The molecule has 1 aliphatic carbocycles. The first kappa shape index (κ1) is 32.4. The zero-order valence-corrected chi connectivity index (χ0v) is 26.4. The van der Waals surface area contributed by atoms with Gasteiger partial charge in [-0.2, -0.15) is 4.31 Å². The standard InChI is InChI=1S/C32H47N3O6S/c1-25-20-29(39-4)21-26(2)31(25)42(37,38)34(3)14-17-41-24-30(36)33-23-28-10-12-32(13-11-28,35-15-18-40-19-16-35)22-27-8-6-5-7-9-27/h5-9,20-21,28H,10-19,22-24H2,1-4H3,(H,33,36). The molecule has 0 unspecified atom stereocenters. The van der Waals surface area contributed by atoms with E-state index in [0.29, 0.717) is 29.3 Å². The van der Waals surface area contributed by atoms with Gasteiger partial charge >= 0.3 is 0 Å². The minimum absolute atomic E-state index is 0.0904. The molecule has 0 atom stereocenters. The molecule has 2 aromatic carbocycles. The first-order valence-corrected chi connectivity index (χ1v) is 16.4. The summed E-state index contributed by atoms with van der Waals surface area (Å²) in [5.74, 6) is 0.889. The van der Waals surface area contributed by atoms with Crippen molar-refractivity contribution < 1.29 is 27.4 Å². The molecule has 1 saturated carbocycles. The van der Waals surface area contributed by atoms with Crippen LogP contribution in [-0.4, -0.2) is 95.8 Å². The molecule has 1 N–H and O–H groups in total. The molecule has 0 bridgehead atoms. The minimum atomic E-state index is -3.70. The van der Waals surface area contributed by atoms with E-state index < -0.39 is 10.0 Å². The topological polar surface area (TPSA) is 97.4 Å². The van der Waals surface area contributed by atoms with Crippen molar-refractivity contribution in [2.75, 3.05) is 66.8 Å². The number of rotatable bonds is 13. The van der Waals surface area contributed by atoms with Crippen LogP contribution in [0.4, 0.5) is 0 Å². The Bertz CT molecular complexity index is 1250. The summed E-state index contributed by atoms with van der Waals surface area (Å²) >= 11 is 0. The lowest BCUT2D eigenvalue weighted by Crippen LogP contribution is -2.56. The Morgan fingerprint density at radius 1 is 1.10 bits per heavy atom. The Balaban J connectivity index is 1.20. The highest BCUT2D eigenvalue weighted by atomic mass is 32.2. The maximum Gasteiger partial charge on any atom is 0.246 e. The van der Waals surface area contributed by atoms with Gasteiger partial charge in [-0.05, 0) is 80.7 Å². The number of nitrogens with one attached hydrogen (secondary N) is 1. The van der Waals surface area contributed by atoms with Crippen LogP contribution >= 0.6 is 0 Å². The number of carbonyl (C=O) groups excluding carboxylic acids is 1. The number of morpholine rings is 1. The lowest BCUT2D eigenvalue weighted by atomic mass is 9.72. The maximum atomic E-state index is 13.2. The quantitative estimate of drug-likeness (QED) is 0.351. The van der Waals surface area contributed by atoms with Crippen LogP contribution in [0.5, 0.6) is 5.75 Å². The molecule has 2 aliphatic rings. The number of sulfonamides is 1. The number of nitrogens with zero attached hydrogens (tertiary/aromatic N) is 2. The lowest BCUT2D eigenvalue weighted by Gasteiger charge is -2.50. The third kappa shape index (κ3) is 8.11. The largest absolute Gasteiger partial charge is 0.497 e. The number of ether oxygens (including phenoxy) is 3. The minimum Gasteiger partial charge on any atom is -0.497 e. The summed E-state index contributed by atoms with van der Waals surface area (Å²) in [6, 6.07) is 14.2. The number of benzene rings is 2. The molecule has 2 aromatic rings. The van der Waals surface area contributed by atoms with Gasteiger partial charge in [0.1, 0.15) is 12.4 Å². The monoisotopic (exact) mass is 601 g/mol. The molecule has 1 heterocycles. The molecule has 4 rings (SSSR count). The summed E-state index contributed by atoms with van der Waals surface area (Å²) in [4.78, 5) is 15.4. The Labute approximate surface area is 251 Å². The maximum absolute atomic E-state index is 13.2. The van der Waals surface area contributed by atoms with Crippen LogP contribution in [0.25, 0.3) is 0 Å². The zero-order chi connectivity index (χ0) is 30.2. The van der Waals surface area contributed by atoms with Gasteiger partial charge in [-0.15, -0.1) is 0 Å². The van der Waals surface area contributed by atoms with Gasteiger partial charge < -0.3 is 19.5 Å². The Kier molecular flexibility index (Phi) is 11.4. The molecule has 0 radical (unpaired) electrons. The Morgan fingerprint density at radius 2 is 1.74 bits per heavy atom. The second-order valence-corrected chi connectivity index (χ2v) is 13.7. The second-order valence-electron chi connectivity index (χ2n) is 11.7. The van der Waals surface area contributed by atoms with Crippen LogP contribution in [-0.2, 0) is 30.7 Å². The molecule has 9 nitrogen and oxygen atoms in total. The number of hydrogen-bond acceptors (Lipinski definition) is 7. The number of carbonyl (C=O) groups is 1. The van der Waals surface area contributed by atoms with Crippen LogP contribution in [0, 0.1) is 19.8 Å². The van der Waals surface area contributed by atoms with Gasteiger partial charge in [0.25, 0.3) is 0 Å². The molecule has 2 fully saturated rings. The van der Waals surface area contributed by atoms with Crippen LogP contribution in [0.3, 0.4) is 0 Å². The van der Waals surface area contributed by atoms with E-state index in [1.54, 1.807) is 33.1 Å². The van der Waals surface area contributed by atoms with Crippen LogP contribution in [0.15, 0.2) is 47.4 Å². The van der Waals surface area contributed by atoms with Gasteiger partial charge in [0.15, 0.2) is 0 Å². The first-order valence-electron chi connectivity index (χ1n) is 15.0. The van der Waals surface area contributed by atoms with Gasteiger partial charge in [-0.3, -0.25) is 9.69 Å². The molecular formula is C32H47N3O6S. The van der Waals surface area contributed by atoms with Gasteiger partial charge in [0, 0.05) is 38.8 Å². The summed E-state index contributed by atoms with van der Waals surface area (Å²) in [5, 5.41) is 3.04. The Hall–Kier alpha value is -2.50. The van der Waals surface area contributed by atoms with Crippen molar-refractivity contribution in [3.8, 4) is 5.75 Å². The zero-order valence-electron chi connectivity index (χ0n) is 25.6. The fraction of sp³-hybridized carbons (Fsp3) is 0.594. The van der Waals surface area contributed by atoms with Crippen molar-refractivity contribution in [1.82, 2.24) is 14.5 Å². The van der Waals surface area contributed by atoms with E-state index in [-0.39, 0.29) is 36.1 Å². The van der Waals surface area contributed by atoms with Crippen LogP contribution in [0.2, 0.25) is 0 Å². The molecule has 1 aliphatic heterocycles. The lowest BCUT2D eigenvalue weighted by molar-refractivity contribution is -0.126. The Morgan fingerprint density at radius 3 is 2.36 bits per heavy atom. The fourth-order valence-corrected chi connectivity index (χ4v) is 7.97. The van der Waals surface area contributed by atoms with Crippen molar-refractivity contribution in [2.24, 2.45) is 5.92 Å². The highest BCUT2D eigenvalue weighted by Crippen LogP contribution is 2.39. The van der Waals surface area contributed by atoms with Crippen molar-refractivity contribution >= 4 is 15.9 Å². The van der Waals surface area contributed by atoms with Gasteiger partial charge in [-0.25, -0.2) is 8.42 Å². The number of methoxy groups -OCH3 is 1. The summed E-state index contributed by atoms with van der Waals surface area (Å²) in [7, 11) is -0.617. The molecule has 0 aromatic heterocycles. The first-order chi connectivity index (χ1) is 20.1. The molecule has 10 heteroatoms.